The van der Waals surface area contributed by atoms with Gasteiger partial charge in [0, 0.05) is 16.3 Å². The van der Waals surface area contributed by atoms with Gasteiger partial charge in [0.25, 0.3) is 5.78 Å². The van der Waals surface area contributed by atoms with Crippen LogP contribution < -0.4 is 14.4 Å². The third kappa shape index (κ3) is 5.56. The highest BCUT2D eigenvalue weighted by atomic mass is 35.5. The molecule has 1 aliphatic rings. The normalized spacial score (nSPS) is 16.4. The molecule has 0 spiro atoms. The smallest absolute Gasteiger partial charge is 0.301 e. The van der Waals surface area contributed by atoms with Gasteiger partial charge in [0.05, 0.1) is 25.3 Å². The largest absolute Gasteiger partial charge is 0.507 e. The number of ketones is 1. The number of benzene rings is 3. The molecule has 1 unspecified atom stereocenters. The molecule has 0 saturated carbocycles. The second-order valence-electron chi connectivity index (χ2n) is 8.64. The topological polar surface area (TPSA) is 102 Å². The van der Waals surface area contributed by atoms with Crippen molar-refractivity contribution < 1.29 is 24.2 Å². The molecule has 0 radical (unpaired) electrons. The maximum absolute atomic E-state index is 13.5. The highest BCUT2D eigenvalue weighted by Crippen LogP contribution is 2.45. The summed E-state index contributed by atoms with van der Waals surface area (Å²) in [5.74, 6) is -0.363. The summed E-state index contributed by atoms with van der Waals surface area (Å²) in [7, 11) is 1.51. The first-order valence-electron chi connectivity index (χ1n) is 12.3. The van der Waals surface area contributed by atoms with E-state index >= 15 is 0 Å². The number of thioether (sulfide) groups is 1. The van der Waals surface area contributed by atoms with Crippen LogP contribution >= 0.6 is 34.7 Å². The molecule has 1 amide bonds. The molecule has 204 valence electrons. The number of aliphatic hydroxyl groups excluding tert-OH is 1. The second kappa shape index (κ2) is 12.1. The van der Waals surface area contributed by atoms with Gasteiger partial charge in [-0.1, -0.05) is 71.1 Å². The zero-order chi connectivity index (χ0) is 28.2. The number of ether oxygens (including phenoxy) is 2. The summed E-state index contributed by atoms with van der Waals surface area (Å²) in [6.45, 7) is 2.29. The van der Waals surface area contributed by atoms with Crippen molar-refractivity contribution >= 4 is 57.3 Å². The third-order valence-corrected chi connectivity index (χ3v) is 8.55. The fourth-order valence-corrected chi connectivity index (χ4v) is 6.26. The first kappa shape index (κ1) is 27.7. The number of hydrogen-bond acceptors (Lipinski definition) is 9. The van der Waals surface area contributed by atoms with Crippen molar-refractivity contribution in [1.82, 2.24) is 10.2 Å². The Bertz CT molecular complexity index is 1570. The van der Waals surface area contributed by atoms with Gasteiger partial charge in [-0.05, 0) is 54.4 Å². The van der Waals surface area contributed by atoms with Gasteiger partial charge in [-0.25, -0.2) is 0 Å². The molecule has 4 aromatic rings. The Morgan fingerprint density at radius 2 is 1.80 bits per heavy atom. The van der Waals surface area contributed by atoms with E-state index in [-0.39, 0.29) is 16.5 Å². The van der Waals surface area contributed by atoms with E-state index in [1.807, 2.05) is 37.3 Å². The number of nitrogens with zero attached hydrogens (tertiary/aromatic N) is 3. The van der Waals surface area contributed by atoms with Crippen LogP contribution in [0.25, 0.3) is 5.76 Å². The van der Waals surface area contributed by atoms with Crippen molar-refractivity contribution in [2.45, 2.75) is 23.1 Å². The van der Waals surface area contributed by atoms with E-state index in [0.717, 1.165) is 5.56 Å². The molecule has 11 heteroatoms. The van der Waals surface area contributed by atoms with Crippen molar-refractivity contribution in [3.05, 3.63) is 100 Å². The van der Waals surface area contributed by atoms with E-state index in [2.05, 4.69) is 10.2 Å². The Hall–Kier alpha value is -3.86. The van der Waals surface area contributed by atoms with Crippen molar-refractivity contribution in [3.63, 3.8) is 0 Å². The fraction of sp³-hybridized carbons (Fsp3) is 0.172. The third-order valence-electron chi connectivity index (χ3n) is 6.17. The number of methoxy groups -OCH3 is 1. The SMILES string of the molecule is CCOc1ccc(C2/C(=C(/O)c3ccc(Cl)cc3)C(=O)C(=O)N2c2nnc(SCc3ccccc3)s2)cc1OC. The molecule has 0 bridgehead atoms. The molecular weight excluding hydrogens is 570 g/mol. The van der Waals surface area contributed by atoms with Gasteiger partial charge in [-0.2, -0.15) is 0 Å². The number of amides is 1. The van der Waals surface area contributed by atoms with Crippen LogP contribution in [0.3, 0.4) is 0 Å². The number of rotatable bonds is 9. The van der Waals surface area contributed by atoms with E-state index in [1.54, 1.807) is 42.5 Å². The van der Waals surface area contributed by atoms with Crippen LogP contribution in [0.15, 0.2) is 82.7 Å². The second-order valence-corrected chi connectivity index (χ2v) is 11.3. The maximum atomic E-state index is 13.5. The standard InChI is InChI=1S/C29H24ClN3O5S2/c1-3-38-21-14-11-19(15-22(21)37-2)24-23(25(34)18-9-12-20(30)13-10-18)26(35)27(36)33(24)28-31-32-29(40-28)39-16-17-7-5-4-6-8-17/h4-15,24,34H,3,16H2,1-2H3/b25-23-. The number of halogens is 1. The predicted octanol–water partition coefficient (Wildman–Crippen LogP) is 6.52. The molecule has 1 aliphatic heterocycles. The molecule has 1 aromatic heterocycles. The molecule has 1 atom stereocenters. The summed E-state index contributed by atoms with van der Waals surface area (Å²) < 4.78 is 11.8. The minimum Gasteiger partial charge on any atom is -0.507 e. The number of Topliss-reactive ketones (excluding diaryl/α,β-unsaturated/α-hetero) is 1. The van der Waals surface area contributed by atoms with Crippen LogP contribution in [0.1, 0.15) is 29.7 Å². The molecule has 0 aliphatic carbocycles. The minimum absolute atomic E-state index is 0.0766. The Morgan fingerprint density at radius 3 is 2.50 bits per heavy atom. The number of hydrogen-bond donors (Lipinski definition) is 1. The number of anilines is 1. The summed E-state index contributed by atoms with van der Waals surface area (Å²) in [6.07, 6.45) is 0. The van der Waals surface area contributed by atoms with Crippen LogP contribution in [0.5, 0.6) is 11.5 Å². The van der Waals surface area contributed by atoms with Gasteiger partial charge in [0.15, 0.2) is 15.8 Å². The number of aliphatic hydroxyl groups is 1. The Balaban J connectivity index is 1.58. The van der Waals surface area contributed by atoms with Crippen molar-refractivity contribution in [1.29, 1.82) is 0 Å². The van der Waals surface area contributed by atoms with E-state index in [1.165, 1.54) is 35.1 Å². The van der Waals surface area contributed by atoms with Gasteiger partial charge >= 0.3 is 5.91 Å². The molecule has 2 heterocycles. The molecule has 1 N–H and O–H groups in total. The number of carbonyl (C=O) groups is 2. The number of aromatic nitrogens is 2. The first-order valence-corrected chi connectivity index (χ1v) is 14.5. The van der Waals surface area contributed by atoms with Crippen LogP contribution in [-0.2, 0) is 15.3 Å². The molecule has 1 saturated heterocycles. The lowest BCUT2D eigenvalue weighted by atomic mass is 9.95. The van der Waals surface area contributed by atoms with E-state index in [0.29, 0.717) is 44.3 Å². The van der Waals surface area contributed by atoms with Crippen LogP contribution in [-0.4, -0.2) is 40.7 Å². The first-order chi connectivity index (χ1) is 19.4. The van der Waals surface area contributed by atoms with Crippen LogP contribution in [0.2, 0.25) is 5.02 Å². The minimum atomic E-state index is -0.986. The molecule has 40 heavy (non-hydrogen) atoms. The summed E-state index contributed by atoms with van der Waals surface area (Å²) in [5.41, 5.74) is 1.92. The van der Waals surface area contributed by atoms with Gasteiger partial charge in [-0.3, -0.25) is 14.5 Å². The van der Waals surface area contributed by atoms with Crippen LogP contribution in [0.4, 0.5) is 5.13 Å². The Kier molecular flexibility index (Phi) is 8.39. The van der Waals surface area contributed by atoms with Crippen molar-refractivity contribution in [2.75, 3.05) is 18.6 Å². The van der Waals surface area contributed by atoms with E-state index < -0.39 is 17.7 Å². The summed E-state index contributed by atoms with van der Waals surface area (Å²) in [5, 5.41) is 20.6. The van der Waals surface area contributed by atoms with Crippen molar-refractivity contribution in [2.24, 2.45) is 0 Å². The molecule has 5 rings (SSSR count). The van der Waals surface area contributed by atoms with E-state index in [4.69, 9.17) is 21.1 Å². The van der Waals surface area contributed by atoms with E-state index in [9.17, 15) is 14.7 Å². The quantitative estimate of drug-likeness (QED) is 0.0769. The fourth-order valence-electron chi connectivity index (χ4n) is 4.31. The maximum Gasteiger partial charge on any atom is 0.301 e. The lowest BCUT2D eigenvalue weighted by Crippen LogP contribution is -2.29. The lowest BCUT2D eigenvalue weighted by Gasteiger charge is -2.23. The summed E-state index contributed by atoms with van der Waals surface area (Å²) in [4.78, 5) is 28.2. The summed E-state index contributed by atoms with van der Waals surface area (Å²) in [6, 6.07) is 20.4. The molecule has 3 aromatic carbocycles. The lowest BCUT2D eigenvalue weighted by molar-refractivity contribution is -0.132. The average molecular weight is 594 g/mol. The van der Waals surface area contributed by atoms with Gasteiger partial charge in [0.1, 0.15) is 5.76 Å². The highest BCUT2D eigenvalue weighted by Gasteiger charge is 2.48. The molecule has 8 nitrogen and oxygen atoms in total. The zero-order valence-corrected chi connectivity index (χ0v) is 23.9. The highest BCUT2D eigenvalue weighted by molar-refractivity contribution is 8.00. The summed E-state index contributed by atoms with van der Waals surface area (Å²) >= 11 is 8.71. The van der Waals surface area contributed by atoms with Gasteiger partial charge in [-0.15, -0.1) is 10.2 Å². The number of carbonyl (C=O) groups excluding carboxylic acids is 2. The van der Waals surface area contributed by atoms with Crippen molar-refractivity contribution in [3.8, 4) is 11.5 Å². The van der Waals surface area contributed by atoms with Gasteiger partial charge in [0.2, 0.25) is 5.13 Å². The average Bonchev–Trinajstić information content (AvgIpc) is 3.54. The van der Waals surface area contributed by atoms with Gasteiger partial charge < -0.3 is 14.6 Å². The Labute approximate surface area is 244 Å². The zero-order valence-electron chi connectivity index (χ0n) is 21.5. The Morgan fingerprint density at radius 1 is 1.05 bits per heavy atom. The molecule has 1 fully saturated rings. The molecular formula is C29H24ClN3O5S2. The predicted molar refractivity (Wildman–Crippen MR) is 156 cm³/mol. The monoisotopic (exact) mass is 593 g/mol. The van der Waals surface area contributed by atoms with Crippen LogP contribution in [0, 0.1) is 0 Å².